The van der Waals surface area contributed by atoms with Gasteiger partial charge in [0.05, 0.1) is 11.6 Å². The van der Waals surface area contributed by atoms with Gasteiger partial charge in [0.15, 0.2) is 11.6 Å². The van der Waals surface area contributed by atoms with Crippen LogP contribution in [0.1, 0.15) is 29.0 Å². The summed E-state index contributed by atoms with van der Waals surface area (Å²) in [6.07, 6.45) is 9.68. The van der Waals surface area contributed by atoms with E-state index in [0.717, 1.165) is 40.4 Å². The molecule has 0 bridgehead atoms. The maximum atomic E-state index is 4.82. The fourth-order valence-corrected chi connectivity index (χ4v) is 4.78. The van der Waals surface area contributed by atoms with Crippen LogP contribution in [0, 0.1) is 6.92 Å². The molecule has 1 aliphatic rings. The number of hydrogen-bond donors (Lipinski definition) is 1. The summed E-state index contributed by atoms with van der Waals surface area (Å²) < 4.78 is 1.85. The predicted molar refractivity (Wildman–Crippen MR) is 106 cm³/mol. The lowest BCUT2D eigenvalue weighted by Crippen LogP contribution is -2.03. The summed E-state index contributed by atoms with van der Waals surface area (Å²) in [7, 11) is 1.94. The average Bonchev–Trinajstić information content (AvgIpc) is 3.21. The van der Waals surface area contributed by atoms with Gasteiger partial charge in [-0.3, -0.25) is 9.67 Å². The molecule has 4 aromatic rings. The Kier molecular flexibility index (Phi) is 3.86. The van der Waals surface area contributed by atoms with Gasteiger partial charge in [-0.25, -0.2) is 15.0 Å². The molecule has 0 spiro atoms. The normalized spacial score (nSPS) is 13.7. The molecule has 0 radical (unpaired) electrons. The highest BCUT2D eigenvalue weighted by atomic mass is 32.1. The van der Waals surface area contributed by atoms with Gasteiger partial charge in [0.25, 0.3) is 0 Å². The minimum atomic E-state index is 0.587. The van der Waals surface area contributed by atoms with Crippen molar-refractivity contribution in [1.29, 1.82) is 0 Å². The summed E-state index contributed by atoms with van der Waals surface area (Å²) in [5, 5.41) is 9.09. The summed E-state index contributed by atoms with van der Waals surface area (Å²) in [5.41, 5.74) is 3.15. The first-order chi connectivity index (χ1) is 13.2. The summed E-state index contributed by atoms with van der Waals surface area (Å²) in [6, 6.07) is 2.02. The van der Waals surface area contributed by atoms with Crippen LogP contribution >= 0.6 is 11.3 Å². The molecule has 0 aromatic carbocycles. The molecule has 4 aromatic heterocycles. The van der Waals surface area contributed by atoms with E-state index < -0.39 is 0 Å². The first-order valence-electron chi connectivity index (χ1n) is 9.05. The minimum Gasteiger partial charge on any atom is -0.323 e. The number of fused-ring (bicyclic) bond motifs is 3. The van der Waals surface area contributed by atoms with Crippen molar-refractivity contribution in [3.8, 4) is 11.5 Å². The van der Waals surface area contributed by atoms with Gasteiger partial charge >= 0.3 is 0 Å². The zero-order valence-corrected chi connectivity index (χ0v) is 16.0. The largest absolute Gasteiger partial charge is 0.323 e. The van der Waals surface area contributed by atoms with Gasteiger partial charge in [-0.05, 0) is 38.2 Å². The molecule has 0 aliphatic heterocycles. The molecule has 1 aliphatic carbocycles. The van der Waals surface area contributed by atoms with Crippen molar-refractivity contribution in [2.75, 3.05) is 5.32 Å². The van der Waals surface area contributed by atoms with E-state index in [9.17, 15) is 0 Å². The van der Waals surface area contributed by atoms with Gasteiger partial charge in [0.2, 0.25) is 0 Å². The van der Waals surface area contributed by atoms with Gasteiger partial charge in [-0.15, -0.1) is 11.3 Å². The lowest BCUT2D eigenvalue weighted by Gasteiger charge is -2.12. The molecule has 0 saturated heterocycles. The molecule has 8 heteroatoms. The molecule has 136 valence electrons. The Morgan fingerprint density at radius 3 is 2.81 bits per heavy atom. The van der Waals surface area contributed by atoms with Crippen LogP contribution in [0.2, 0.25) is 0 Å². The van der Waals surface area contributed by atoms with Crippen molar-refractivity contribution in [2.24, 2.45) is 7.05 Å². The Labute approximate surface area is 160 Å². The Morgan fingerprint density at radius 2 is 2.04 bits per heavy atom. The topological polar surface area (TPSA) is 81.4 Å². The zero-order valence-electron chi connectivity index (χ0n) is 15.2. The molecule has 27 heavy (non-hydrogen) atoms. The van der Waals surface area contributed by atoms with Crippen molar-refractivity contribution < 1.29 is 0 Å². The number of nitrogens with zero attached hydrogens (tertiary/aromatic N) is 6. The Hall–Kier alpha value is -2.87. The molecule has 0 atom stereocenters. The van der Waals surface area contributed by atoms with Gasteiger partial charge < -0.3 is 5.32 Å². The van der Waals surface area contributed by atoms with E-state index >= 15 is 0 Å². The monoisotopic (exact) mass is 377 g/mol. The Morgan fingerprint density at radius 1 is 1.15 bits per heavy atom. The van der Waals surface area contributed by atoms with Crippen molar-refractivity contribution in [3.63, 3.8) is 0 Å². The minimum absolute atomic E-state index is 0.587. The second-order valence-electron chi connectivity index (χ2n) is 6.80. The molecule has 0 fully saturated rings. The van der Waals surface area contributed by atoms with Crippen molar-refractivity contribution in [3.05, 3.63) is 40.8 Å². The second kappa shape index (κ2) is 6.38. The predicted octanol–water partition coefficient (Wildman–Crippen LogP) is 3.81. The number of nitrogens with one attached hydrogen (secondary N) is 1. The highest BCUT2D eigenvalue weighted by molar-refractivity contribution is 7.19. The molecule has 0 unspecified atom stereocenters. The fraction of sp³-hybridized carbons (Fsp3) is 0.316. The number of anilines is 2. The van der Waals surface area contributed by atoms with Crippen LogP contribution in [0.15, 0.2) is 24.7 Å². The van der Waals surface area contributed by atoms with E-state index in [-0.39, 0.29) is 0 Å². The number of thiophene rings is 1. The third-order valence-corrected chi connectivity index (χ3v) is 6.15. The molecule has 0 saturated carbocycles. The number of hydrogen-bond acceptors (Lipinski definition) is 7. The van der Waals surface area contributed by atoms with Crippen molar-refractivity contribution in [1.82, 2.24) is 29.7 Å². The lowest BCUT2D eigenvalue weighted by molar-refractivity contribution is 0.700. The fourth-order valence-electron chi connectivity index (χ4n) is 3.52. The summed E-state index contributed by atoms with van der Waals surface area (Å²) in [4.78, 5) is 20.6. The smallest absolute Gasteiger partial charge is 0.183 e. The summed E-state index contributed by atoms with van der Waals surface area (Å²) in [5.74, 6) is 2.18. The van der Waals surface area contributed by atoms with Crippen molar-refractivity contribution >= 4 is 33.2 Å². The number of aryl methyl sites for hydroxylation is 4. The van der Waals surface area contributed by atoms with Gasteiger partial charge in [0.1, 0.15) is 16.3 Å². The molecule has 1 N–H and O–H groups in total. The van der Waals surface area contributed by atoms with Crippen LogP contribution < -0.4 is 5.32 Å². The maximum absolute atomic E-state index is 4.82. The highest BCUT2D eigenvalue weighted by Gasteiger charge is 2.22. The van der Waals surface area contributed by atoms with Gasteiger partial charge in [-0.1, -0.05) is 0 Å². The van der Waals surface area contributed by atoms with Crippen LogP contribution in [0.5, 0.6) is 0 Å². The van der Waals surface area contributed by atoms with Crippen molar-refractivity contribution in [2.45, 2.75) is 32.6 Å². The lowest BCUT2D eigenvalue weighted by atomic mass is 9.97. The van der Waals surface area contributed by atoms with Crippen LogP contribution in [-0.4, -0.2) is 29.7 Å². The van der Waals surface area contributed by atoms with Gasteiger partial charge in [0, 0.05) is 36.1 Å². The van der Waals surface area contributed by atoms with E-state index in [1.807, 2.05) is 24.7 Å². The van der Waals surface area contributed by atoms with E-state index in [1.54, 1.807) is 29.9 Å². The Balaban J connectivity index is 1.71. The summed E-state index contributed by atoms with van der Waals surface area (Å²) in [6.45, 7) is 2.03. The standard InChI is InChI=1S/C19H19N7S/c1-11-9-15(25-26(11)2)22-18-16-12-5-3-4-6-14(12)27-19(16)24-17(23-18)13-10-20-7-8-21-13/h7-10H,3-6H2,1-2H3,(H,22,23,24,25). The van der Waals surface area contributed by atoms with E-state index in [4.69, 9.17) is 9.97 Å². The van der Waals surface area contributed by atoms with Crippen LogP contribution in [0.3, 0.4) is 0 Å². The molecular weight excluding hydrogens is 358 g/mol. The average molecular weight is 377 g/mol. The zero-order chi connectivity index (χ0) is 18.4. The molecule has 5 rings (SSSR count). The van der Waals surface area contributed by atoms with Gasteiger partial charge in [-0.2, -0.15) is 5.10 Å². The van der Waals surface area contributed by atoms with E-state index in [0.29, 0.717) is 11.5 Å². The molecule has 4 heterocycles. The SMILES string of the molecule is Cc1cc(Nc2nc(-c3cnccn3)nc3sc4c(c23)CCCC4)nn1C. The van der Waals surface area contributed by atoms with E-state index in [1.165, 1.54) is 23.3 Å². The quantitative estimate of drug-likeness (QED) is 0.585. The number of aromatic nitrogens is 6. The second-order valence-corrected chi connectivity index (χ2v) is 7.88. The molecular formula is C19H19N7S. The van der Waals surface area contributed by atoms with Crippen LogP contribution in [0.4, 0.5) is 11.6 Å². The Bertz CT molecular complexity index is 1110. The summed E-state index contributed by atoms with van der Waals surface area (Å²) >= 11 is 1.78. The third kappa shape index (κ3) is 2.86. The molecule has 0 amide bonds. The molecule has 7 nitrogen and oxygen atoms in total. The first kappa shape index (κ1) is 16.3. The highest BCUT2D eigenvalue weighted by Crippen LogP contribution is 2.40. The number of rotatable bonds is 3. The maximum Gasteiger partial charge on any atom is 0.183 e. The van der Waals surface area contributed by atoms with Crippen LogP contribution in [-0.2, 0) is 19.9 Å². The van der Waals surface area contributed by atoms with E-state index in [2.05, 4.69) is 20.4 Å². The third-order valence-electron chi connectivity index (χ3n) is 4.97. The first-order valence-corrected chi connectivity index (χ1v) is 9.87. The van der Waals surface area contributed by atoms with Crippen LogP contribution in [0.25, 0.3) is 21.7 Å².